The molecule has 0 bridgehead atoms. The van der Waals surface area contributed by atoms with E-state index in [4.69, 9.17) is 11.6 Å². The molecule has 2 aromatic carbocycles. The van der Waals surface area contributed by atoms with Crippen molar-refractivity contribution >= 4 is 29.2 Å². The van der Waals surface area contributed by atoms with Crippen molar-refractivity contribution in [1.29, 1.82) is 0 Å². The predicted octanol–water partition coefficient (Wildman–Crippen LogP) is 2.71. The number of fused-ring (bicyclic) bond motifs is 1. The highest BCUT2D eigenvalue weighted by molar-refractivity contribution is 6.30. The molecule has 0 spiro atoms. The lowest BCUT2D eigenvalue weighted by molar-refractivity contribution is -0.120. The van der Waals surface area contributed by atoms with Gasteiger partial charge in [0, 0.05) is 36.4 Å². The van der Waals surface area contributed by atoms with Gasteiger partial charge in [-0.05, 0) is 42.7 Å². The number of urea groups is 1. The average Bonchev–Trinajstić information content (AvgIpc) is 3.01. The Morgan fingerprint density at radius 3 is 2.61 bits per heavy atom. The third-order valence-corrected chi connectivity index (χ3v) is 5.05. The van der Waals surface area contributed by atoms with Crippen LogP contribution in [0.4, 0.5) is 10.5 Å². The van der Waals surface area contributed by atoms with Crippen molar-refractivity contribution in [2.75, 3.05) is 24.5 Å². The molecule has 148 valence electrons. The van der Waals surface area contributed by atoms with Crippen LogP contribution in [0.2, 0.25) is 5.02 Å². The Morgan fingerprint density at radius 2 is 1.82 bits per heavy atom. The van der Waals surface area contributed by atoms with Crippen LogP contribution >= 0.6 is 11.6 Å². The Balaban J connectivity index is 1.33. The van der Waals surface area contributed by atoms with Crippen LogP contribution in [0.25, 0.3) is 0 Å². The van der Waals surface area contributed by atoms with E-state index in [-0.39, 0.29) is 18.5 Å². The van der Waals surface area contributed by atoms with Gasteiger partial charge in [-0.25, -0.2) is 4.79 Å². The van der Waals surface area contributed by atoms with Crippen LogP contribution in [0.5, 0.6) is 0 Å². The standard InChI is InChI=1S/C21H25ClN4O2/c1-15-12-17-4-2-3-5-19(17)26(15)11-10-23-20(27)14-25-21(28)24-13-16-6-8-18(22)9-7-16/h2-9,15H,10-14H2,1H3,(H,23,27)(H2,24,25,28). The molecule has 3 N–H and O–H groups in total. The molecule has 1 atom stereocenters. The van der Waals surface area contributed by atoms with E-state index >= 15 is 0 Å². The van der Waals surface area contributed by atoms with Crippen molar-refractivity contribution in [2.24, 2.45) is 0 Å². The van der Waals surface area contributed by atoms with E-state index in [1.54, 1.807) is 12.1 Å². The molecule has 0 aliphatic carbocycles. The number of carbonyl (C=O) groups excluding carboxylic acids is 2. The molecule has 0 radical (unpaired) electrons. The van der Waals surface area contributed by atoms with Crippen molar-refractivity contribution in [3.8, 4) is 0 Å². The zero-order valence-electron chi connectivity index (χ0n) is 15.9. The van der Waals surface area contributed by atoms with Crippen LogP contribution < -0.4 is 20.9 Å². The maximum absolute atomic E-state index is 12.0. The molecule has 0 saturated carbocycles. The summed E-state index contributed by atoms with van der Waals surface area (Å²) in [5, 5.41) is 8.78. The average molecular weight is 401 g/mol. The summed E-state index contributed by atoms with van der Waals surface area (Å²) in [6, 6.07) is 15.6. The highest BCUT2D eigenvalue weighted by atomic mass is 35.5. The minimum absolute atomic E-state index is 0.0570. The lowest BCUT2D eigenvalue weighted by atomic mass is 10.1. The molecule has 6 nitrogen and oxygen atoms in total. The van der Waals surface area contributed by atoms with Gasteiger partial charge in [-0.15, -0.1) is 0 Å². The largest absolute Gasteiger partial charge is 0.367 e. The number of nitrogens with zero attached hydrogens (tertiary/aromatic N) is 1. The number of carbonyl (C=O) groups is 2. The molecular formula is C21H25ClN4O2. The molecule has 2 aromatic rings. The second-order valence-electron chi connectivity index (χ2n) is 6.89. The number of nitrogens with one attached hydrogen (secondary N) is 3. The molecule has 3 amide bonds. The number of halogens is 1. The van der Waals surface area contributed by atoms with Gasteiger partial charge in [0.2, 0.25) is 5.91 Å². The highest BCUT2D eigenvalue weighted by Gasteiger charge is 2.24. The molecule has 28 heavy (non-hydrogen) atoms. The van der Waals surface area contributed by atoms with Crippen LogP contribution in [0.1, 0.15) is 18.1 Å². The monoisotopic (exact) mass is 400 g/mol. The Hall–Kier alpha value is -2.73. The maximum Gasteiger partial charge on any atom is 0.315 e. The molecule has 3 rings (SSSR count). The van der Waals surface area contributed by atoms with Crippen molar-refractivity contribution in [3.63, 3.8) is 0 Å². The van der Waals surface area contributed by atoms with Crippen molar-refractivity contribution in [3.05, 3.63) is 64.7 Å². The van der Waals surface area contributed by atoms with Gasteiger partial charge in [-0.2, -0.15) is 0 Å². The number of hydrogen-bond acceptors (Lipinski definition) is 3. The van der Waals surface area contributed by atoms with Crippen LogP contribution in [-0.4, -0.2) is 37.6 Å². The summed E-state index contributed by atoms with van der Waals surface area (Å²) in [6.07, 6.45) is 1.03. The third kappa shape index (κ3) is 5.39. The van der Waals surface area contributed by atoms with Gasteiger partial charge >= 0.3 is 6.03 Å². The quantitative estimate of drug-likeness (QED) is 0.669. The number of anilines is 1. The first-order valence-corrected chi connectivity index (χ1v) is 9.78. The SMILES string of the molecule is CC1Cc2ccccc2N1CCNC(=O)CNC(=O)NCc1ccc(Cl)cc1. The first-order chi connectivity index (χ1) is 13.5. The Bertz CT molecular complexity index is 825. The van der Waals surface area contributed by atoms with E-state index in [1.165, 1.54) is 11.3 Å². The number of rotatable bonds is 7. The zero-order valence-corrected chi connectivity index (χ0v) is 16.6. The van der Waals surface area contributed by atoms with E-state index in [1.807, 2.05) is 18.2 Å². The smallest absolute Gasteiger partial charge is 0.315 e. The Labute approximate surface area is 170 Å². The van der Waals surface area contributed by atoms with Crippen molar-refractivity contribution in [1.82, 2.24) is 16.0 Å². The molecular weight excluding hydrogens is 376 g/mol. The lowest BCUT2D eigenvalue weighted by Gasteiger charge is -2.25. The van der Waals surface area contributed by atoms with Gasteiger partial charge in [0.25, 0.3) is 0 Å². The Kier molecular flexibility index (Phi) is 6.76. The fourth-order valence-electron chi connectivity index (χ4n) is 3.36. The normalized spacial score (nSPS) is 15.1. The van der Waals surface area contributed by atoms with Crippen molar-refractivity contribution in [2.45, 2.75) is 25.9 Å². The molecule has 1 aliphatic rings. The van der Waals surface area contributed by atoms with E-state index in [9.17, 15) is 9.59 Å². The summed E-state index contributed by atoms with van der Waals surface area (Å²) >= 11 is 5.83. The van der Waals surface area contributed by atoms with Crippen molar-refractivity contribution < 1.29 is 9.59 Å². The van der Waals surface area contributed by atoms with E-state index < -0.39 is 0 Å². The highest BCUT2D eigenvalue weighted by Crippen LogP contribution is 2.31. The summed E-state index contributed by atoms with van der Waals surface area (Å²) in [5.41, 5.74) is 3.52. The summed E-state index contributed by atoms with van der Waals surface area (Å²) in [7, 11) is 0. The fraction of sp³-hybridized carbons (Fsp3) is 0.333. The zero-order chi connectivity index (χ0) is 19.9. The topological polar surface area (TPSA) is 73.5 Å². The molecule has 1 heterocycles. The third-order valence-electron chi connectivity index (χ3n) is 4.80. The summed E-state index contributed by atoms with van der Waals surface area (Å²) in [5.74, 6) is -0.207. The van der Waals surface area contributed by atoms with E-state index in [2.05, 4.69) is 46.0 Å². The van der Waals surface area contributed by atoms with E-state index in [0.717, 1.165) is 18.5 Å². The number of para-hydroxylation sites is 1. The van der Waals surface area contributed by atoms with Gasteiger partial charge in [0.1, 0.15) is 0 Å². The molecule has 0 saturated heterocycles. The molecule has 1 aliphatic heterocycles. The van der Waals surface area contributed by atoms with Gasteiger partial charge in [0.15, 0.2) is 0 Å². The second kappa shape index (κ2) is 9.46. The number of hydrogen-bond donors (Lipinski definition) is 3. The molecule has 1 unspecified atom stereocenters. The lowest BCUT2D eigenvalue weighted by Crippen LogP contribution is -2.44. The first kappa shape index (κ1) is 20.0. The van der Waals surface area contributed by atoms with Gasteiger partial charge in [-0.3, -0.25) is 4.79 Å². The molecule has 0 fully saturated rings. The molecule has 0 aromatic heterocycles. The van der Waals surface area contributed by atoms with Crippen LogP contribution in [0, 0.1) is 0 Å². The van der Waals surface area contributed by atoms with E-state index in [0.29, 0.717) is 24.2 Å². The summed E-state index contributed by atoms with van der Waals surface area (Å²) in [6.45, 7) is 3.78. The van der Waals surface area contributed by atoms with Crippen LogP contribution in [0.3, 0.4) is 0 Å². The predicted molar refractivity (Wildman–Crippen MR) is 112 cm³/mol. The Morgan fingerprint density at radius 1 is 1.07 bits per heavy atom. The second-order valence-corrected chi connectivity index (χ2v) is 7.32. The minimum Gasteiger partial charge on any atom is -0.367 e. The van der Waals surface area contributed by atoms with Crippen LogP contribution in [0.15, 0.2) is 48.5 Å². The summed E-state index contributed by atoms with van der Waals surface area (Å²) < 4.78 is 0. The fourth-order valence-corrected chi connectivity index (χ4v) is 3.48. The number of amides is 3. The maximum atomic E-state index is 12.0. The van der Waals surface area contributed by atoms with Gasteiger partial charge in [0.05, 0.1) is 6.54 Å². The number of benzene rings is 2. The summed E-state index contributed by atoms with van der Waals surface area (Å²) in [4.78, 5) is 26.1. The van der Waals surface area contributed by atoms with Gasteiger partial charge < -0.3 is 20.9 Å². The first-order valence-electron chi connectivity index (χ1n) is 9.40. The van der Waals surface area contributed by atoms with Crippen LogP contribution in [-0.2, 0) is 17.8 Å². The van der Waals surface area contributed by atoms with Gasteiger partial charge in [-0.1, -0.05) is 41.9 Å². The molecule has 7 heteroatoms. The minimum atomic E-state index is -0.382.